The maximum absolute atomic E-state index is 5.72. The van der Waals surface area contributed by atoms with Crippen molar-refractivity contribution in [3.63, 3.8) is 0 Å². The topological polar surface area (TPSA) is 43.8 Å². The van der Waals surface area contributed by atoms with Crippen LogP contribution in [0.2, 0.25) is 0 Å². The van der Waals surface area contributed by atoms with Gasteiger partial charge in [-0.15, -0.1) is 0 Å². The maximum atomic E-state index is 5.72. The van der Waals surface area contributed by atoms with Gasteiger partial charge >= 0.3 is 0 Å². The molecule has 2 aromatic carbocycles. The number of rotatable bonds is 3. The summed E-state index contributed by atoms with van der Waals surface area (Å²) in [6.45, 7) is 2.92. The standard InChI is InChI=1S/C17H17N3/c1-13-4-2-3-5-16(13)17-10-19-12-20(17)11-14-6-8-15(18)9-7-14/h2-10,12H,11,18H2,1H3. The highest BCUT2D eigenvalue weighted by Crippen LogP contribution is 2.23. The third-order valence-corrected chi connectivity index (χ3v) is 3.47. The predicted molar refractivity (Wildman–Crippen MR) is 82.4 cm³/mol. The number of anilines is 1. The van der Waals surface area contributed by atoms with E-state index in [9.17, 15) is 0 Å². The molecule has 0 atom stereocenters. The third-order valence-electron chi connectivity index (χ3n) is 3.47. The van der Waals surface area contributed by atoms with Crippen LogP contribution >= 0.6 is 0 Å². The Morgan fingerprint density at radius 1 is 1.05 bits per heavy atom. The Bertz CT molecular complexity index is 711. The number of aromatic nitrogens is 2. The number of imidazole rings is 1. The van der Waals surface area contributed by atoms with Gasteiger partial charge in [-0.2, -0.15) is 0 Å². The number of benzene rings is 2. The van der Waals surface area contributed by atoms with Crippen molar-refractivity contribution in [1.82, 2.24) is 9.55 Å². The monoisotopic (exact) mass is 263 g/mol. The number of aryl methyl sites for hydroxylation is 1. The second kappa shape index (κ2) is 5.21. The summed E-state index contributed by atoms with van der Waals surface area (Å²) in [7, 11) is 0. The Balaban J connectivity index is 1.95. The molecule has 0 spiro atoms. The van der Waals surface area contributed by atoms with E-state index in [1.54, 1.807) is 0 Å². The fourth-order valence-electron chi connectivity index (χ4n) is 2.35. The second-order valence-electron chi connectivity index (χ2n) is 4.96. The molecule has 0 aliphatic heterocycles. The Labute approximate surface area is 118 Å². The second-order valence-corrected chi connectivity index (χ2v) is 4.96. The van der Waals surface area contributed by atoms with Crippen molar-refractivity contribution >= 4 is 5.69 Å². The van der Waals surface area contributed by atoms with Gasteiger partial charge in [-0.05, 0) is 30.2 Å². The molecule has 0 bridgehead atoms. The van der Waals surface area contributed by atoms with Crippen LogP contribution < -0.4 is 5.73 Å². The van der Waals surface area contributed by atoms with Gasteiger partial charge < -0.3 is 10.3 Å². The lowest BCUT2D eigenvalue weighted by atomic mass is 10.1. The fraction of sp³-hybridized carbons (Fsp3) is 0.118. The largest absolute Gasteiger partial charge is 0.399 e. The Morgan fingerprint density at radius 3 is 2.55 bits per heavy atom. The van der Waals surface area contributed by atoms with Gasteiger partial charge in [-0.1, -0.05) is 36.4 Å². The number of hydrogen-bond acceptors (Lipinski definition) is 2. The molecular weight excluding hydrogens is 246 g/mol. The molecule has 0 saturated carbocycles. The smallest absolute Gasteiger partial charge is 0.0954 e. The van der Waals surface area contributed by atoms with Crippen molar-refractivity contribution in [2.24, 2.45) is 0 Å². The molecule has 3 aromatic rings. The highest BCUT2D eigenvalue weighted by Gasteiger charge is 2.07. The number of nitrogen functional groups attached to an aromatic ring is 1. The quantitative estimate of drug-likeness (QED) is 0.735. The van der Waals surface area contributed by atoms with Crippen LogP contribution in [0.1, 0.15) is 11.1 Å². The minimum Gasteiger partial charge on any atom is -0.399 e. The summed E-state index contributed by atoms with van der Waals surface area (Å²) >= 11 is 0. The molecule has 0 fully saturated rings. The van der Waals surface area contributed by atoms with Crippen LogP contribution in [0.4, 0.5) is 5.69 Å². The molecule has 0 unspecified atom stereocenters. The number of nitrogens with two attached hydrogens (primary N) is 1. The zero-order valence-corrected chi connectivity index (χ0v) is 11.5. The van der Waals surface area contributed by atoms with E-state index in [-0.39, 0.29) is 0 Å². The van der Waals surface area contributed by atoms with Gasteiger partial charge in [0.1, 0.15) is 0 Å². The number of nitrogens with zero attached hydrogens (tertiary/aromatic N) is 2. The molecule has 1 heterocycles. The minimum atomic E-state index is 0.790. The van der Waals surface area contributed by atoms with Crippen molar-refractivity contribution in [3.05, 3.63) is 72.2 Å². The van der Waals surface area contributed by atoms with Crippen LogP contribution in [0.5, 0.6) is 0 Å². The molecule has 0 aliphatic rings. The van der Waals surface area contributed by atoms with Crippen LogP contribution in [-0.4, -0.2) is 9.55 Å². The highest BCUT2D eigenvalue weighted by molar-refractivity contribution is 5.63. The van der Waals surface area contributed by atoms with Crippen LogP contribution in [0.3, 0.4) is 0 Å². The Hall–Kier alpha value is -2.55. The van der Waals surface area contributed by atoms with E-state index in [1.807, 2.05) is 24.7 Å². The Kier molecular flexibility index (Phi) is 3.25. The first-order chi connectivity index (χ1) is 9.74. The van der Waals surface area contributed by atoms with E-state index in [4.69, 9.17) is 5.73 Å². The lowest BCUT2D eigenvalue weighted by molar-refractivity contribution is 0.804. The SMILES string of the molecule is Cc1ccccc1-c1cncn1Cc1ccc(N)cc1. The van der Waals surface area contributed by atoms with E-state index < -0.39 is 0 Å². The summed E-state index contributed by atoms with van der Waals surface area (Å²) < 4.78 is 2.16. The van der Waals surface area contributed by atoms with E-state index >= 15 is 0 Å². The summed E-state index contributed by atoms with van der Waals surface area (Å²) in [5, 5.41) is 0. The zero-order valence-electron chi connectivity index (χ0n) is 11.5. The van der Waals surface area contributed by atoms with Crippen molar-refractivity contribution < 1.29 is 0 Å². The van der Waals surface area contributed by atoms with Gasteiger partial charge in [0.15, 0.2) is 0 Å². The molecule has 0 aliphatic carbocycles. The van der Waals surface area contributed by atoms with Crippen molar-refractivity contribution in [1.29, 1.82) is 0 Å². The molecule has 2 N–H and O–H groups in total. The van der Waals surface area contributed by atoms with E-state index in [0.717, 1.165) is 17.9 Å². The predicted octanol–water partition coefficient (Wildman–Crippen LogP) is 3.49. The van der Waals surface area contributed by atoms with E-state index in [0.29, 0.717) is 0 Å². The Morgan fingerprint density at radius 2 is 1.80 bits per heavy atom. The van der Waals surface area contributed by atoms with Gasteiger partial charge in [0, 0.05) is 17.8 Å². The van der Waals surface area contributed by atoms with Crippen LogP contribution in [-0.2, 0) is 6.54 Å². The molecular formula is C17H17N3. The summed E-state index contributed by atoms with van der Waals surface area (Å²) in [5.74, 6) is 0. The zero-order chi connectivity index (χ0) is 13.9. The fourth-order valence-corrected chi connectivity index (χ4v) is 2.35. The van der Waals surface area contributed by atoms with Crippen LogP contribution in [0.15, 0.2) is 61.1 Å². The maximum Gasteiger partial charge on any atom is 0.0954 e. The summed E-state index contributed by atoms with van der Waals surface area (Å²) in [6.07, 6.45) is 3.79. The molecule has 0 radical (unpaired) electrons. The molecule has 3 rings (SSSR count). The molecule has 3 nitrogen and oxygen atoms in total. The first-order valence-electron chi connectivity index (χ1n) is 6.64. The molecule has 3 heteroatoms. The van der Waals surface area contributed by atoms with Gasteiger partial charge in [-0.3, -0.25) is 0 Å². The molecule has 20 heavy (non-hydrogen) atoms. The molecule has 1 aromatic heterocycles. The van der Waals surface area contributed by atoms with Crippen molar-refractivity contribution in [2.75, 3.05) is 5.73 Å². The van der Waals surface area contributed by atoms with Crippen molar-refractivity contribution in [2.45, 2.75) is 13.5 Å². The number of hydrogen-bond donors (Lipinski definition) is 1. The van der Waals surface area contributed by atoms with E-state index in [2.05, 4.69) is 52.9 Å². The van der Waals surface area contributed by atoms with E-state index in [1.165, 1.54) is 16.7 Å². The molecule has 0 saturated heterocycles. The molecule has 0 amide bonds. The summed E-state index contributed by atoms with van der Waals surface area (Å²) in [4.78, 5) is 4.29. The lowest BCUT2D eigenvalue weighted by Gasteiger charge is -2.10. The average Bonchev–Trinajstić information content (AvgIpc) is 2.90. The van der Waals surface area contributed by atoms with Crippen LogP contribution in [0, 0.1) is 6.92 Å². The van der Waals surface area contributed by atoms with Gasteiger partial charge in [0.25, 0.3) is 0 Å². The lowest BCUT2D eigenvalue weighted by Crippen LogP contribution is -2.01. The minimum absolute atomic E-state index is 0.790. The first-order valence-corrected chi connectivity index (χ1v) is 6.64. The van der Waals surface area contributed by atoms with Gasteiger partial charge in [0.2, 0.25) is 0 Å². The van der Waals surface area contributed by atoms with Crippen LogP contribution in [0.25, 0.3) is 11.3 Å². The van der Waals surface area contributed by atoms with Gasteiger partial charge in [0.05, 0.1) is 18.2 Å². The van der Waals surface area contributed by atoms with Crippen molar-refractivity contribution in [3.8, 4) is 11.3 Å². The summed E-state index contributed by atoms with van der Waals surface area (Å²) in [5.41, 5.74) is 11.3. The summed E-state index contributed by atoms with van der Waals surface area (Å²) in [6, 6.07) is 16.3. The first kappa shape index (κ1) is 12.5. The molecule has 100 valence electrons. The third kappa shape index (κ3) is 2.43. The van der Waals surface area contributed by atoms with Gasteiger partial charge in [-0.25, -0.2) is 4.98 Å². The normalized spacial score (nSPS) is 10.7. The highest BCUT2D eigenvalue weighted by atomic mass is 15.0. The average molecular weight is 263 g/mol.